The van der Waals surface area contributed by atoms with Gasteiger partial charge in [0.2, 0.25) is 0 Å². The Morgan fingerprint density at radius 2 is 1.86 bits per heavy atom. The van der Waals surface area contributed by atoms with E-state index < -0.39 is 0 Å². The Morgan fingerprint density at radius 3 is 2.43 bits per heavy atom. The number of nitrogens with zero attached hydrogens (tertiary/aromatic N) is 3. The molecule has 1 saturated heterocycles. The van der Waals surface area contributed by atoms with E-state index in [1.54, 1.807) is 0 Å². The number of anilines is 1. The van der Waals surface area contributed by atoms with Crippen molar-refractivity contribution in [1.82, 2.24) is 15.2 Å². The molecule has 1 fully saturated rings. The van der Waals surface area contributed by atoms with Crippen LogP contribution in [0.5, 0.6) is 0 Å². The lowest BCUT2D eigenvalue weighted by Crippen LogP contribution is -2.46. The molecular formula is C17H30N4. The Labute approximate surface area is 129 Å². The van der Waals surface area contributed by atoms with Gasteiger partial charge in [-0.1, -0.05) is 27.7 Å². The largest absolute Gasteiger partial charge is 0.354 e. The van der Waals surface area contributed by atoms with Gasteiger partial charge in [-0.25, -0.2) is 4.98 Å². The monoisotopic (exact) mass is 290 g/mol. The van der Waals surface area contributed by atoms with Crippen molar-refractivity contribution >= 4 is 5.82 Å². The number of piperazine rings is 1. The van der Waals surface area contributed by atoms with E-state index >= 15 is 0 Å². The quantitative estimate of drug-likeness (QED) is 0.871. The van der Waals surface area contributed by atoms with Gasteiger partial charge >= 0.3 is 0 Å². The van der Waals surface area contributed by atoms with E-state index in [0.29, 0.717) is 6.04 Å². The zero-order valence-electron chi connectivity index (χ0n) is 14.0. The van der Waals surface area contributed by atoms with E-state index in [9.17, 15) is 0 Å². The molecule has 0 radical (unpaired) electrons. The molecule has 0 saturated carbocycles. The molecule has 0 unspecified atom stereocenters. The van der Waals surface area contributed by atoms with Crippen LogP contribution in [-0.4, -0.2) is 48.6 Å². The first-order valence-electron chi connectivity index (χ1n) is 8.32. The highest BCUT2D eigenvalue weighted by molar-refractivity contribution is 5.43. The summed E-state index contributed by atoms with van der Waals surface area (Å²) in [6.07, 6.45) is 0.997. The van der Waals surface area contributed by atoms with Gasteiger partial charge in [0.05, 0.1) is 0 Å². The average molecular weight is 290 g/mol. The number of aryl methyl sites for hydroxylation is 1. The van der Waals surface area contributed by atoms with Gasteiger partial charge in [-0.3, -0.25) is 0 Å². The van der Waals surface area contributed by atoms with E-state index in [0.717, 1.165) is 51.5 Å². The molecule has 4 heteroatoms. The number of hydrogen-bond donors (Lipinski definition) is 1. The molecule has 2 rings (SSSR count). The molecule has 1 aliphatic heterocycles. The van der Waals surface area contributed by atoms with Gasteiger partial charge in [0.15, 0.2) is 0 Å². The summed E-state index contributed by atoms with van der Waals surface area (Å²) in [5, 5.41) is 3.50. The van der Waals surface area contributed by atoms with Crippen LogP contribution in [0.25, 0.3) is 0 Å². The first kappa shape index (κ1) is 16.2. The Hall–Kier alpha value is -1.13. The van der Waals surface area contributed by atoms with E-state index in [1.165, 1.54) is 11.3 Å². The second-order valence-electron chi connectivity index (χ2n) is 6.14. The molecule has 1 N–H and O–H groups in total. The maximum Gasteiger partial charge on any atom is 0.129 e. The van der Waals surface area contributed by atoms with Crippen LogP contribution in [0.1, 0.15) is 39.0 Å². The Morgan fingerprint density at radius 1 is 1.14 bits per heavy atom. The fourth-order valence-corrected chi connectivity index (χ4v) is 2.69. The molecule has 118 valence electrons. The van der Waals surface area contributed by atoms with Crippen molar-refractivity contribution in [3.8, 4) is 0 Å². The van der Waals surface area contributed by atoms with Gasteiger partial charge in [-0.2, -0.15) is 0 Å². The minimum absolute atomic E-state index is 0.514. The number of pyridine rings is 1. The molecule has 4 nitrogen and oxygen atoms in total. The topological polar surface area (TPSA) is 31.4 Å². The summed E-state index contributed by atoms with van der Waals surface area (Å²) >= 11 is 0. The fourth-order valence-electron chi connectivity index (χ4n) is 2.69. The van der Waals surface area contributed by atoms with Gasteiger partial charge in [-0.15, -0.1) is 0 Å². The number of nitrogens with one attached hydrogen (secondary N) is 1. The van der Waals surface area contributed by atoms with Crippen LogP contribution in [0.2, 0.25) is 0 Å². The molecule has 2 heterocycles. The highest BCUT2D eigenvalue weighted by atomic mass is 15.3. The van der Waals surface area contributed by atoms with Crippen molar-refractivity contribution in [2.75, 3.05) is 37.6 Å². The predicted molar refractivity (Wildman–Crippen MR) is 89.9 cm³/mol. The standard InChI is InChI=1S/C17H30N4/c1-5-16-11-15(13-18-14(3)4)12-17(19-16)21-9-7-20(6-2)8-10-21/h11-12,14,18H,5-10,13H2,1-4H3. The normalized spacial score (nSPS) is 16.7. The van der Waals surface area contributed by atoms with E-state index in [4.69, 9.17) is 4.98 Å². The van der Waals surface area contributed by atoms with Crippen LogP contribution in [0, 0.1) is 0 Å². The number of rotatable bonds is 6. The van der Waals surface area contributed by atoms with Crippen LogP contribution in [-0.2, 0) is 13.0 Å². The van der Waals surface area contributed by atoms with Crippen molar-refractivity contribution < 1.29 is 0 Å². The van der Waals surface area contributed by atoms with Crippen LogP contribution in [0.15, 0.2) is 12.1 Å². The maximum absolute atomic E-state index is 4.83. The molecule has 0 aliphatic carbocycles. The number of aromatic nitrogens is 1. The lowest BCUT2D eigenvalue weighted by molar-refractivity contribution is 0.270. The molecule has 1 aromatic rings. The molecular weight excluding hydrogens is 260 g/mol. The molecule has 1 aromatic heterocycles. The minimum atomic E-state index is 0.514. The highest BCUT2D eigenvalue weighted by Crippen LogP contribution is 2.18. The average Bonchev–Trinajstić information content (AvgIpc) is 2.52. The van der Waals surface area contributed by atoms with Gasteiger partial charge < -0.3 is 15.1 Å². The van der Waals surface area contributed by atoms with Crippen molar-refractivity contribution in [3.63, 3.8) is 0 Å². The molecule has 0 bridgehead atoms. The first-order chi connectivity index (χ1) is 10.1. The molecule has 0 spiro atoms. The Bertz CT molecular complexity index is 436. The third-order valence-electron chi connectivity index (χ3n) is 4.14. The zero-order chi connectivity index (χ0) is 15.2. The minimum Gasteiger partial charge on any atom is -0.354 e. The summed E-state index contributed by atoms with van der Waals surface area (Å²) in [5.74, 6) is 1.16. The number of hydrogen-bond acceptors (Lipinski definition) is 4. The predicted octanol–water partition coefficient (Wildman–Crippen LogP) is 2.28. The van der Waals surface area contributed by atoms with Crippen LogP contribution >= 0.6 is 0 Å². The van der Waals surface area contributed by atoms with E-state index in [1.807, 2.05) is 0 Å². The van der Waals surface area contributed by atoms with Crippen LogP contribution < -0.4 is 10.2 Å². The molecule has 0 aromatic carbocycles. The van der Waals surface area contributed by atoms with Gasteiger partial charge in [0.25, 0.3) is 0 Å². The third-order valence-corrected chi connectivity index (χ3v) is 4.14. The van der Waals surface area contributed by atoms with Crippen molar-refractivity contribution in [2.45, 2.75) is 46.7 Å². The molecule has 0 amide bonds. The summed E-state index contributed by atoms with van der Waals surface area (Å²) in [5.41, 5.74) is 2.55. The first-order valence-corrected chi connectivity index (χ1v) is 8.32. The summed E-state index contributed by atoms with van der Waals surface area (Å²) in [6.45, 7) is 15.3. The summed E-state index contributed by atoms with van der Waals surface area (Å²) in [6, 6.07) is 5.01. The lowest BCUT2D eigenvalue weighted by atomic mass is 10.1. The van der Waals surface area contributed by atoms with Crippen LogP contribution in [0.4, 0.5) is 5.82 Å². The Balaban J connectivity index is 2.09. The van der Waals surface area contributed by atoms with E-state index in [-0.39, 0.29) is 0 Å². The van der Waals surface area contributed by atoms with Crippen LogP contribution in [0.3, 0.4) is 0 Å². The SMILES string of the molecule is CCc1cc(CNC(C)C)cc(N2CCN(CC)CC2)n1. The molecule has 0 atom stereocenters. The lowest BCUT2D eigenvalue weighted by Gasteiger charge is -2.35. The van der Waals surface area contributed by atoms with Crippen molar-refractivity contribution in [1.29, 1.82) is 0 Å². The Kier molecular flexibility index (Phi) is 6.00. The smallest absolute Gasteiger partial charge is 0.129 e. The summed E-state index contributed by atoms with van der Waals surface area (Å²) in [4.78, 5) is 9.77. The highest BCUT2D eigenvalue weighted by Gasteiger charge is 2.17. The maximum atomic E-state index is 4.83. The zero-order valence-corrected chi connectivity index (χ0v) is 14.0. The van der Waals surface area contributed by atoms with Gasteiger partial charge in [0.1, 0.15) is 5.82 Å². The van der Waals surface area contributed by atoms with Crippen molar-refractivity contribution in [2.24, 2.45) is 0 Å². The molecule has 1 aliphatic rings. The second-order valence-corrected chi connectivity index (χ2v) is 6.14. The van der Waals surface area contributed by atoms with Gasteiger partial charge in [0, 0.05) is 44.5 Å². The second kappa shape index (κ2) is 7.76. The third kappa shape index (κ3) is 4.68. The van der Waals surface area contributed by atoms with Gasteiger partial charge in [-0.05, 0) is 30.7 Å². The van der Waals surface area contributed by atoms with Crippen molar-refractivity contribution in [3.05, 3.63) is 23.4 Å². The summed E-state index contributed by atoms with van der Waals surface area (Å²) in [7, 11) is 0. The summed E-state index contributed by atoms with van der Waals surface area (Å²) < 4.78 is 0. The van der Waals surface area contributed by atoms with E-state index in [2.05, 4.69) is 54.9 Å². The molecule has 21 heavy (non-hydrogen) atoms. The number of likely N-dealkylation sites (N-methyl/N-ethyl adjacent to an activating group) is 1. The fraction of sp³-hybridized carbons (Fsp3) is 0.706.